The van der Waals surface area contributed by atoms with Crippen LogP contribution in [0.5, 0.6) is 0 Å². The van der Waals surface area contributed by atoms with Crippen molar-refractivity contribution in [2.24, 2.45) is 5.10 Å². The van der Waals surface area contributed by atoms with Gasteiger partial charge in [0.2, 0.25) is 0 Å². The molecule has 0 atom stereocenters. The Morgan fingerprint density at radius 2 is 2.50 bits per heavy atom. The number of thiazole rings is 1. The summed E-state index contributed by atoms with van der Waals surface area (Å²) < 4.78 is 5.85. The predicted molar refractivity (Wildman–Crippen MR) is 64.4 cm³/mol. The van der Waals surface area contributed by atoms with E-state index in [0.29, 0.717) is 11.0 Å². The highest BCUT2D eigenvalue weighted by molar-refractivity contribution is 7.15. The van der Waals surface area contributed by atoms with Crippen LogP contribution < -0.4 is 4.98 Å². The summed E-state index contributed by atoms with van der Waals surface area (Å²) in [5.41, 5.74) is 0. The van der Waals surface area contributed by atoms with Gasteiger partial charge in [0.05, 0.1) is 11.4 Å². The van der Waals surface area contributed by atoms with Crippen LogP contribution in [0.3, 0.4) is 0 Å². The van der Waals surface area contributed by atoms with Gasteiger partial charge in [-0.3, -0.25) is 0 Å². The number of nitro groups is 1. The molecular formula is C8H11ClN5O3S+. The molecule has 2 heterocycles. The number of rotatable bonds is 3. The molecule has 0 spiro atoms. The molecule has 1 saturated heterocycles. The van der Waals surface area contributed by atoms with Gasteiger partial charge >= 0.3 is 4.47 Å². The minimum Gasteiger partial charge on any atom is -0.341 e. The summed E-state index contributed by atoms with van der Waals surface area (Å²) in [6.07, 6.45) is 1.76. The summed E-state index contributed by atoms with van der Waals surface area (Å²) in [5.74, 6) is 0.274. The van der Waals surface area contributed by atoms with Crippen molar-refractivity contribution in [3.8, 4) is 0 Å². The Bertz CT molecular complexity index is 479. The third-order valence-corrected chi connectivity index (χ3v) is 3.39. The Morgan fingerprint density at radius 3 is 3.11 bits per heavy atom. The molecular weight excluding hydrogens is 282 g/mol. The molecule has 1 N–H and O–H groups in total. The van der Waals surface area contributed by atoms with Crippen molar-refractivity contribution in [2.45, 2.75) is 6.54 Å². The number of aromatic nitrogens is 1. The molecule has 0 aliphatic carbocycles. The molecule has 0 saturated carbocycles. The van der Waals surface area contributed by atoms with E-state index >= 15 is 0 Å². The van der Waals surface area contributed by atoms with E-state index in [1.807, 2.05) is 0 Å². The fourth-order valence-electron chi connectivity index (χ4n) is 1.55. The standard InChI is InChI=1S/C8H10ClN5O3S/c1-12-4-17-5-13(8(12)11-14(15)16)3-6-2-10-7(9)18-6/h2H,3-5H2,1H3/p+1/b11-8+. The molecule has 0 aromatic carbocycles. The Kier molecular flexibility index (Phi) is 3.94. The van der Waals surface area contributed by atoms with Crippen molar-refractivity contribution in [3.05, 3.63) is 25.7 Å². The van der Waals surface area contributed by atoms with Crippen LogP contribution in [0.2, 0.25) is 4.47 Å². The van der Waals surface area contributed by atoms with E-state index in [-0.39, 0.29) is 19.4 Å². The molecule has 10 heteroatoms. The highest BCUT2D eigenvalue weighted by Crippen LogP contribution is 2.18. The van der Waals surface area contributed by atoms with E-state index in [4.69, 9.17) is 16.3 Å². The second kappa shape index (κ2) is 5.46. The van der Waals surface area contributed by atoms with Gasteiger partial charge in [-0.25, -0.2) is 10.1 Å². The lowest BCUT2D eigenvalue weighted by atomic mass is 10.5. The first-order chi connectivity index (χ1) is 8.56. The maximum absolute atomic E-state index is 10.5. The smallest absolute Gasteiger partial charge is 0.331 e. The first kappa shape index (κ1) is 13.0. The van der Waals surface area contributed by atoms with Crippen LogP contribution in [0.15, 0.2) is 11.3 Å². The fourth-order valence-corrected chi connectivity index (χ4v) is 2.59. The number of aromatic amines is 1. The second-order valence-electron chi connectivity index (χ2n) is 3.63. The lowest BCUT2D eigenvalue weighted by Gasteiger charge is -2.33. The van der Waals surface area contributed by atoms with Crippen molar-refractivity contribution in [1.29, 1.82) is 0 Å². The van der Waals surface area contributed by atoms with Crippen LogP contribution in [0, 0.1) is 10.1 Å². The van der Waals surface area contributed by atoms with E-state index in [1.165, 1.54) is 11.3 Å². The molecule has 1 fully saturated rings. The summed E-state index contributed by atoms with van der Waals surface area (Å²) in [4.78, 5) is 17.6. The van der Waals surface area contributed by atoms with Crippen molar-refractivity contribution in [2.75, 3.05) is 20.5 Å². The number of guanidine groups is 1. The van der Waals surface area contributed by atoms with Crippen LogP contribution in [0.1, 0.15) is 4.88 Å². The zero-order valence-electron chi connectivity index (χ0n) is 9.50. The van der Waals surface area contributed by atoms with Gasteiger partial charge in [-0.15, -0.1) is 0 Å². The molecule has 0 bridgehead atoms. The number of nitrogens with zero attached hydrogens (tertiary/aromatic N) is 4. The van der Waals surface area contributed by atoms with Crippen LogP contribution in [-0.2, 0) is 11.3 Å². The van der Waals surface area contributed by atoms with Crippen LogP contribution in [0.25, 0.3) is 0 Å². The molecule has 8 nitrogen and oxygen atoms in total. The number of hydrogen-bond acceptors (Lipinski definition) is 4. The average molecular weight is 293 g/mol. The molecule has 0 radical (unpaired) electrons. The van der Waals surface area contributed by atoms with Crippen molar-refractivity contribution >= 4 is 28.9 Å². The van der Waals surface area contributed by atoms with E-state index in [1.54, 1.807) is 23.0 Å². The maximum atomic E-state index is 10.5. The number of H-pyrrole nitrogens is 1. The van der Waals surface area contributed by atoms with Crippen LogP contribution in [0.4, 0.5) is 0 Å². The molecule has 0 amide bonds. The molecule has 1 aromatic heterocycles. The van der Waals surface area contributed by atoms with Crippen molar-refractivity contribution in [3.63, 3.8) is 0 Å². The number of nitrogens with one attached hydrogen (secondary N) is 1. The topological polar surface area (TPSA) is 85.3 Å². The fraction of sp³-hybridized carbons (Fsp3) is 0.500. The van der Waals surface area contributed by atoms with Crippen LogP contribution in [-0.4, -0.2) is 41.3 Å². The highest BCUT2D eigenvalue weighted by atomic mass is 35.5. The lowest BCUT2D eigenvalue weighted by Crippen LogP contribution is -2.49. The SMILES string of the molecule is CN1COCN(Cc2c[nH+]c(Cl)s2)/C1=N/[N+](=O)[O-]. The first-order valence-corrected chi connectivity index (χ1v) is 6.18. The zero-order valence-corrected chi connectivity index (χ0v) is 11.1. The van der Waals surface area contributed by atoms with E-state index in [0.717, 1.165) is 4.88 Å². The van der Waals surface area contributed by atoms with Crippen molar-refractivity contribution < 1.29 is 14.8 Å². The molecule has 2 rings (SSSR count). The summed E-state index contributed by atoms with van der Waals surface area (Å²) in [6.45, 7) is 0.984. The second-order valence-corrected chi connectivity index (χ2v) is 5.37. The number of hydrazone groups is 1. The lowest BCUT2D eigenvalue weighted by molar-refractivity contribution is -0.486. The van der Waals surface area contributed by atoms with Gasteiger partial charge in [0.15, 0.2) is 11.2 Å². The molecule has 0 unspecified atom stereocenters. The summed E-state index contributed by atoms with van der Waals surface area (Å²) in [7, 11) is 1.68. The highest BCUT2D eigenvalue weighted by Gasteiger charge is 2.26. The van der Waals surface area contributed by atoms with E-state index in [2.05, 4.69) is 10.1 Å². The van der Waals surface area contributed by atoms with E-state index in [9.17, 15) is 10.1 Å². The maximum Gasteiger partial charge on any atom is 0.331 e. The van der Waals surface area contributed by atoms with Gasteiger partial charge in [0.25, 0.3) is 5.96 Å². The summed E-state index contributed by atoms with van der Waals surface area (Å²) in [6, 6.07) is 0. The summed E-state index contributed by atoms with van der Waals surface area (Å²) in [5, 5.41) is 13.2. The normalized spacial score (nSPS) is 18.4. The van der Waals surface area contributed by atoms with Gasteiger partial charge in [0, 0.05) is 18.6 Å². The quantitative estimate of drug-likeness (QED) is 0.596. The van der Waals surface area contributed by atoms with E-state index < -0.39 is 5.03 Å². The molecule has 1 aliphatic rings. The zero-order chi connectivity index (χ0) is 13.1. The van der Waals surface area contributed by atoms with Gasteiger partial charge in [-0.05, 0) is 0 Å². The van der Waals surface area contributed by atoms with Crippen LogP contribution >= 0.6 is 22.9 Å². The largest absolute Gasteiger partial charge is 0.341 e. The summed E-state index contributed by atoms with van der Waals surface area (Å²) >= 11 is 7.16. The average Bonchev–Trinajstić information content (AvgIpc) is 2.69. The molecule has 18 heavy (non-hydrogen) atoms. The van der Waals surface area contributed by atoms with Gasteiger partial charge in [0.1, 0.15) is 18.6 Å². The number of hydrogen-bond donors (Lipinski definition) is 0. The Morgan fingerprint density at radius 1 is 1.72 bits per heavy atom. The third-order valence-electron chi connectivity index (χ3n) is 2.24. The molecule has 1 aliphatic heterocycles. The first-order valence-electron chi connectivity index (χ1n) is 4.99. The minimum atomic E-state index is -0.711. The van der Waals surface area contributed by atoms with Gasteiger partial charge < -0.3 is 14.5 Å². The monoisotopic (exact) mass is 292 g/mol. The Labute approximate surface area is 112 Å². The number of ether oxygens (including phenoxy) is 1. The Hall–Kier alpha value is -1.45. The Balaban J connectivity index is 2.15. The predicted octanol–water partition coefficient (Wildman–Crippen LogP) is 0.442. The molecule has 1 aromatic rings. The van der Waals surface area contributed by atoms with Gasteiger partial charge in [-0.1, -0.05) is 11.3 Å². The minimum absolute atomic E-state index is 0.256. The molecule has 98 valence electrons. The number of halogens is 1. The third kappa shape index (κ3) is 3.06. The van der Waals surface area contributed by atoms with Gasteiger partial charge in [-0.2, -0.15) is 4.98 Å². The van der Waals surface area contributed by atoms with Crippen molar-refractivity contribution in [1.82, 2.24) is 9.80 Å².